The molecule has 0 saturated heterocycles. The molecule has 1 aromatic carbocycles. The Morgan fingerprint density at radius 2 is 2.10 bits per heavy atom. The fourth-order valence-electron chi connectivity index (χ4n) is 1.76. The molecular formula is C12H15N5O3S. The Bertz CT molecular complexity index is 739. The lowest BCUT2D eigenvalue weighted by atomic mass is 10.1. The van der Waals surface area contributed by atoms with Gasteiger partial charge in [-0.3, -0.25) is 4.68 Å². The minimum Gasteiger partial charge on any atom is -0.409 e. The van der Waals surface area contributed by atoms with Gasteiger partial charge >= 0.3 is 0 Å². The van der Waals surface area contributed by atoms with Crippen LogP contribution in [0.1, 0.15) is 11.6 Å². The third-order valence-electron chi connectivity index (χ3n) is 2.81. The van der Waals surface area contributed by atoms with Gasteiger partial charge in [0.25, 0.3) is 0 Å². The van der Waals surface area contributed by atoms with E-state index in [-0.39, 0.29) is 10.7 Å². The summed E-state index contributed by atoms with van der Waals surface area (Å²) in [5.41, 5.74) is 6.15. The number of nitrogens with two attached hydrogens (primary N) is 1. The van der Waals surface area contributed by atoms with Crippen molar-refractivity contribution in [3.63, 3.8) is 0 Å². The van der Waals surface area contributed by atoms with Gasteiger partial charge in [-0.2, -0.15) is 9.82 Å². The van der Waals surface area contributed by atoms with Crippen LogP contribution in [0.2, 0.25) is 0 Å². The topological polar surface area (TPSA) is 123 Å². The molecule has 1 heterocycles. The highest BCUT2D eigenvalue weighted by Gasteiger charge is 2.25. The highest BCUT2D eigenvalue weighted by molar-refractivity contribution is 7.89. The zero-order valence-corrected chi connectivity index (χ0v) is 12.0. The Balaban J connectivity index is 2.36. The maximum Gasteiger partial charge on any atom is 0.244 e. The molecule has 0 spiro atoms. The summed E-state index contributed by atoms with van der Waals surface area (Å²) >= 11 is 0. The van der Waals surface area contributed by atoms with Crippen LogP contribution in [-0.4, -0.2) is 29.2 Å². The largest absolute Gasteiger partial charge is 0.409 e. The van der Waals surface area contributed by atoms with Gasteiger partial charge in [-0.05, 0) is 5.56 Å². The molecule has 8 nitrogen and oxygen atoms in total. The van der Waals surface area contributed by atoms with Crippen molar-refractivity contribution >= 4 is 15.9 Å². The van der Waals surface area contributed by atoms with Crippen LogP contribution >= 0.6 is 0 Å². The normalized spacial score (nSPS) is 14.0. The highest BCUT2D eigenvalue weighted by atomic mass is 32.2. The van der Waals surface area contributed by atoms with E-state index >= 15 is 0 Å². The molecule has 0 saturated carbocycles. The first kappa shape index (κ1) is 15.0. The molecule has 1 atom stereocenters. The number of aromatic nitrogens is 2. The summed E-state index contributed by atoms with van der Waals surface area (Å²) in [4.78, 5) is -0.00308. The molecule has 0 aliphatic carbocycles. The molecule has 112 valence electrons. The minimum atomic E-state index is -3.85. The molecule has 9 heteroatoms. The number of rotatable bonds is 5. The van der Waals surface area contributed by atoms with E-state index in [1.165, 1.54) is 17.1 Å². The SMILES string of the molecule is Cn1cc(S(=O)(=O)NC(C(N)=NO)c2ccccc2)cn1. The first-order valence-corrected chi connectivity index (χ1v) is 7.45. The zero-order chi connectivity index (χ0) is 15.5. The first-order valence-electron chi connectivity index (χ1n) is 5.97. The maximum atomic E-state index is 12.3. The Labute approximate surface area is 121 Å². The second-order valence-corrected chi connectivity index (χ2v) is 6.05. The molecule has 4 N–H and O–H groups in total. The second kappa shape index (κ2) is 5.94. The quantitative estimate of drug-likeness (QED) is 0.315. The van der Waals surface area contributed by atoms with Crippen molar-refractivity contribution in [1.82, 2.24) is 14.5 Å². The monoisotopic (exact) mass is 309 g/mol. The highest BCUT2D eigenvalue weighted by Crippen LogP contribution is 2.17. The van der Waals surface area contributed by atoms with Crippen LogP contribution < -0.4 is 10.5 Å². The molecular weight excluding hydrogens is 294 g/mol. The summed E-state index contributed by atoms with van der Waals surface area (Å²) < 4.78 is 28.3. The van der Waals surface area contributed by atoms with Gasteiger partial charge in [-0.25, -0.2) is 8.42 Å². The number of nitrogens with one attached hydrogen (secondary N) is 1. The van der Waals surface area contributed by atoms with Gasteiger partial charge in [0.15, 0.2) is 5.84 Å². The number of hydrogen-bond donors (Lipinski definition) is 3. The predicted octanol–water partition coefficient (Wildman–Crippen LogP) is 0.186. The van der Waals surface area contributed by atoms with E-state index in [1.54, 1.807) is 37.4 Å². The third-order valence-corrected chi connectivity index (χ3v) is 4.19. The second-order valence-electron chi connectivity index (χ2n) is 4.34. The summed E-state index contributed by atoms with van der Waals surface area (Å²) in [7, 11) is -2.24. The van der Waals surface area contributed by atoms with Crippen LogP contribution in [0.25, 0.3) is 0 Å². The van der Waals surface area contributed by atoms with Gasteiger partial charge in [0, 0.05) is 13.2 Å². The fraction of sp³-hybridized carbons (Fsp3) is 0.167. The van der Waals surface area contributed by atoms with E-state index in [9.17, 15) is 8.42 Å². The van der Waals surface area contributed by atoms with Crippen LogP contribution in [0, 0.1) is 0 Å². The number of hydrogen-bond acceptors (Lipinski definition) is 5. The van der Waals surface area contributed by atoms with Crippen LogP contribution in [-0.2, 0) is 17.1 Å². The third kappa shape index (κ3) is 3.38. The number of oxime groups is 1. The number of nitrogens with zero attached hydrogens (tertiary/aromatic N) is 3. The van der Waals surface area contributed by atoms with E-state index in [1.807, 2.05) is 0 Å². The van der Waals surface area contributed by atoms with E-state index in [0.29, 0.717) is 5.56 Å². The molecule has 21 heavy (non-hydrogen) atoms. The van der Waals surface area contributed by atoms with Crippen molar-refractivity contribution in [2.24, 2.45) is 17.9 Å². The van der Waals surface area contributed by atoms with Crippen molar-refractivity contribution < 1.29 is 13.6 Å². The van der Waals surface area contributed by atoms with E-state index < -0.39 is 16.1 Å². The molecule has 2 rings (SSSR count). The molecule has 0 aliphatic rings. The lowest BCUT2D eigenvalue weighted by Crippen LogP contribution is -2.37. The molecule has 0 bridgehead atoms. The smallest absolute Gasteiger partial charge is 0.244 e. The molecule has 0 amide bonds. The van der Waals surface area contributed by atoms with Crippen molar-refractivity contribution in [2.75, 3.05) is 0 Å². The minimum absolute atomic E-state index is 0.00308. The van der Waals surface area contributed by atoms with Crippen molar-refractivity contribution in [3.8, 4) is 0 Å². The number of sulfonamides is 1. The summed E-state index contributed by atoms with van der Waals surface area (Å²) in [6, 6.07) is 7.61. The first-order chi connectivity index (χ1) is 9.94. The van der Waals surface area contributed by atoms with Crippen LogP contribution in [0.15, 0.2) is 52.8 Å². The summed E-state index contributed by atoms with van der Waals surface area (Å²) in [5.74, 6) is -0.256. The Hall–Kier alpha value is -2.39. The Kier molecular flexibility index (Phi) is 4.24. The summed E-state index contributed by atoms with van der Waals surface area (Å²) in [5, 5.41) is 15.6. The average molecular weight is 309 g/mol. The van der Waals surface area contributed by atoms with Crippen molar-refractivity contribution in [1.29, 1.82) is 0 Å². The number of aryl methyl sites for hydroxylation is 1. The molecule has 2 aromatic rings. The van der Waals surface area contributed by atoms with Gasteiger partial charge < -0.3 is 10.9 Å². The van der Waals surface area contributed by atoms with Crippen molar-refractivity contribution in [3.05, 3.63) is 48.3 Å². The lowest BCUT2D eigenvalue weighted by Gasteiger charge is -2.17. The zero-order valence-electron chi connectivity index (χ0n) is 11.2. The molecule has 0 fully saturated rings. The molecule has 1 unspecified atom stereocenters. The summed E-state index contributed by atoms with van der Waals surface area (Å²) in [6.45, 7) is 0. The number of benzene rings is 1. The average Bonchev–Trinajstić information content (AvgIpc) is 2.92. The Morgan fingerprint density at radius 3 is 2.62 bits per heavy atom. The fourth-order valence-corrected chi connectivity index (χ4v) is 2.94. The van der Waals surface area contributed by atoms with Gasteiger partial charge in [0.05, 0.1) is 6.20 Å². The molecule has 1 aromatic heterocycles. The predicted molar refractivity (Wildman–Crippen MR) is 76.1 cm³/mol. The van der Waals surface area contributed by atoms with E-state index in [4.69, 9.17) is 10.9 Å². The Morgan fingerprint density at radius 1 is 1.43 bits per heavy atom. The van der Waals surface area contributed by atoms with Gasteiger partial charge in [-0.15, -0.1) is 0 Å². The lowest BCUT2D eigenvalue weighted by molar-refractivity contribution is 0.315. The van der Waals surface area contributed by atoms with Gasteiger partial charge in [-0.1, -0.05) is 35.5 Å². The van der Waals surface area contributed by atoms with Crippen LogP contribution in [0.5, 0.6) is 0 Å². The maximum absolute atomic E-state index is 12.3. The van der Waals surface area contributed by atoms with E-state index in [2.05, 4.69) is 15.0 Å². The van der Waals surface area contributed by atoms with Crippen LogP contribution in [0.3, 0.4) is 0 Å². The van der Waals surface area contributed by atoms with E-state index in [0.717, 1.165) is 0 Å². The van der Waals surface area contributed by atoms with Crippen molar-refractivity contribution in [2.45, 2.75) is 10.9 Å². The molecule has 0 aliphatic heterocycles. The van der Waals surface area contributed by atoms with Gasteiger partial charge in [0.1, 0.15) is 10.9 Å². The standard InChI is InChI=1S/C12H15N5O3S/c1-17-8-10(7-14-17)21(19,20)16-11(12(13)15-18)9-5-3-2-4-6-9/h2-8,11,16,18H,1H3,(H2,13,15). The molecule has 0 radical (unpaired) electrons. The van der Waals surface area contributed by atoms with Crippen LogP contribution in [0.4, 0.5) is 0 Å². The van der Waals surface area contributed by atoms with Gasteiger partial charge in [0.2, 0.25) is 10.0 Å². The summed E-state index contributed by atoms with van der Waals surface area (Å²) in [6.07, 6.45) is 2.58. The number of amidine groups is 1.